The minimum Gasteiger partial charge on any atom is -0.458 e. The van der Waals surface area contributed by atoms with Crippen LogP contribution < -0.4 is 62.0 Å². The van der Waals surface area contributed by atoms with Crippen LogP contribution >= 0.6 is 11.8 Å². The Bertz CT molecular complexity index is 6440. The first kappa shape index (κ1) is 64.1. The Morgan fingerprint density at radius 2 is 0.625 bits per heavy atom. The van der Waals surface area contributed by atoms with Gasteiger partial charge in [-0.2, -0.15) is 0 Å². The zero-order valence-electron chi connectivity index (χ0n) is 60.9. The number of ether oxygens (including phenoxy) is 1. The van der Waals surface area contributed by atoms with E-state index in [1.807, 2.05) is 11.8 Å². The van der Waals surface area contributed by atoms with Crippen LogP contribution in [0.3, 0.4) is 0 Å². The maximum atomic E-state index is 7.88. The Hall–Kier alpha value is -14.0. The topological polar surface area (TPSA) is 25.4 Å². The van der Waals surface area contributed by atoms with Gasteiger partial charge in [0.25, 0.3) is 13.4 Å². The highest BCUT2D eigenvalue weighted by atomic mass is 32.2. The highest BCUT2D eigenvalue weighted by Crippen LogP contribution is 2.64. The van der Waals surface area contributed by atoms with Crippen LogP contribution in [0, 0.1) is 0 Å². The maximum Gasteiger partial charge on any atom is 0.256 e. The molecule has 0 saturated carbocycles. The summed E-state index contributed by atoms with van der Waals surface area (Å²) in [5.74, 6) is 1.68. The highest BCUT2D eigenvalue weighted by molar-refractivity contribution is 7.99. The average Bonchev–Trinajstić information content (AvgIpc) is 1.34. The summed E-state index contributed by atoms with van der Waals surface area (Å²) in [6, 6.07) is 151. The molecule has 23 rings (SSSR count). The van der Waals surface area contributed by atoms with E-state index >= 15 is 0 Å². The SMILES string of the molecule is c1ccc(-c2cccc(-c3ccccc3)c2N2c3cc4c(cc3B3c5ccccc5N(c5ccccc5)c5cc(N(c6ccccc6)c6ccccc6)cc2c53)C2(c3cc5c(cc3S4)Oc3cc(N(c4ccccc4)c4ccccc4)cc4c3B5c3ccccc3N4c3ccccc3)c3ccccc3-c3ccccc32)cc1. The summed E-state index contributed by atoms with van der Waals surface area (Å²) in [5, 5.41) is 0. The van der Waals surface area contributed by atoms with Crippen molar-refractivity contribution in [1.82, 2.24) is 0 Å². The number of hydrogen-bond acceptors (Lipinski definition) is 7. The molecule has 6 aliphatic rings. The molecule has 17 aromatic rings. The third-order valence-electron chi connectivity index (χ3n) is 23.8. The average molecular weight is 1440 g/mol. The largest absolute Gasteiger partial charge is 0.458 e. The number of hydrogen-bond donors (Lipinski definition) is 0. The van der Waals surface area contributed by atoms with Gasteiger partial charge >= 0.3 is 0 Å². The Morgan fingerprint density at radius 3 is 1.12 bits per heavy atom. The molecule has 112 heavy (non-hydrogen) atoms. The molecule has 5 aliphatic heterocycles. The lowest BCUT2D eigenvalue weighted by molar-refractivity contribution is 0.485. The van der Waals surface area contributed by atoms with Gasteiger partial charge in [-0.1, -0.05) is 297 Å². The van der Waals surface area contributed by atoms with Gasteiger partial charge in [0.05, 0.1) is 22.5 Å². The van der Waals surface area contributed by atoms with E-state index in [-0.39, 0.29) is 13.4 Å². The molecule has 0 unspecified atom stereocenters. The molecule has 0 bridgehead atoms. The van der Waals surface area contributed by atoms with Crippen molar-refractivity contribution in [3.05, 3.63) is 429 Å². The zero-order chi connectivity index (χ0) is 73.5. The summed E-state index contributed by atoms with van der Waals surface area (Å²) in [5.41, 5.74) is 34.6. The fraction of sp³-hybridized carbons (Fsp3) is 0.00971. The van der Waals surface area contributed by atoms with Gasteiger partial charge in [-0.15, -0.1) is 0 Å². The lowest BCUT2D eigenvalue weighted by Crippen LogP contribution is -2.61. The molecule has 0 amide bonds. The zero-order valence-corrected chi connectivity index (χ0v) is 61.7. The Balaban J connectivity index is 0.828. The first-order valence-corrected chi connectivity index (χ1v) is 39.4. The Morgan fingerprint density at radius 1 is 0.250 bits per heavy atom. The predicted octanol–water partition coefficient (Wildman–Crippen LogP) is 23.3. The van der Waals surface area contributed by atoms with Gasteiger partial charge in [-0.25, -0.2) is 0 Å². The molecule has 9 heteroatoms. The normalized spacial score (nSPS) is 13.6. The van der Waals surface area contributed by atoms with E-state index in [0.29, 0.717) is 0 Å². The second-order valence-corrected chi connectivity index (χ2v) is 30.8. The van der Waals surface area contributed by atoms with Crippen LogP contribution in [0.15, 0.2) is 416 Å². The van der Waals surface area contributed by atoms with E-state index in [1.165, 1.54) is 60.1 Å². The third-order valence-corrected chi connectivity index (χ3v) is 25.0. The number of rotatable bonds is 11. The minimum atomic E-state index is -0.832. The van der Waals surface area contributed by atoms with Crippen LogP contribution in [0.1, 0.15) is 22.3 Å². The summed E-state index contributed by atoms with van der Waals surface area (Å²) in [7, 11) is 0. The van der Waals surface area contributed by atoms with Crippen molar-refractivity contribution < 1.29 is 4.74 Å². The van der Waals surface area contributed by atoms with Gasteiger partial charge in [0.2, 0.25) is 0 Å². The van der Waals surface area contributed by atoms with E-state index in [2.05, 4.69) is 431 Å². The van der Waals surface area contributed by atoms with Crippen LogP contribution in [0.2, 0.25) is 0 Å². The molecule has 1 aliphatic carbocycles. The lowest BCUT2D eigenvalue weighted by atomic mass is 9.33. The van der Waals surface area contributed by atoms with Crippen molar-refractivity contribution in [1.29, 1.82) is 0 Å². The summed E-state index contributed by atoms with van der Waals surface area (Å²) in [6.07, 6.45) is 0. The number of benzene rings is 17. The first-order chi connectivity index (χ1) is 55.6. The van der Waals surface area contributed by atoms with Crippen molar-refractivity contribution in [2.75, 3.05) is 24.5 Å². The van der Waals surface area contributed by atoms with Crippen LogP contribution in [-0.4, -0.2) is 13.4 Å². The van der Waals surface area contributed by atoms with Gasteiger partial charge < -0.3 is 29.2 Å². The molecule has 0 aromatic heterocycles. The Labute approximate surface area is 656 Å². The molecule has 0 radical (unpaired) electrons. The Kier molecular flexibility index (Phi) is 14.6. The number of nitrogens with zero attached hydrogens (tertiary/aromatic N) is 5. The van der Waals surface area contributed by atoms with Gasteiger partial charge in [-0.3, -0.25) is 0 Å². The molecule has 1 spiro atoms. The summed E-state index contributed by atoms with van der Waals surface area (Å²) >= 11 is 1.88. The summed E-state index contributed by atoms with van der Waals surface area (Å²) in [4.78, 5) is 14.8. The van der Waals surface area contributed by atoms with Gasteiger partial charge in [-0.05, 0) is 193 Å². The van der Waals surface area contributed by atoms with Crippen molar-refractivity contribution in [2.24, 2.45) is 0 Å². The smallest absolute Gasteiger partial charge is 0.256 e. The summed E-state index contributed by atoms with van der Waals surface area (Å²) < 4.78 is 7.88. The molecule has 522 valence electrons. The van der Waals surface area contributed by atoms with E-state index < -0.39 is 5.41 Å². The van der Waals surface area contributed by atoms with Gasteiger partial charge in [0, 0.05) is 95.2 Å². The number of anilines is 15. The molecule has 0 saturated heterocycles. The molecule has 17 aromatic carbocycles. The molecule has 6 nitrogen and oxygen atoms in total. The molecule has 5 heterocycles. The van der Waals surface area contributed by atoms with Crippen LogP contribution in [0.4, 0.5) is 85.3 Å². The van der Waals surface area contributed by atoms with Crippen molar-refractivity contribution in [3.8, 4) is 44.9 Å². The summed E-state index contributed by atoms with van der Waals surface area (Å²) in [6.45, 7) is -0.469. The second-order valence-electron chi connectivity index (χ2n) is 29.7. The maximum absolute atomic E-state index is 7.88. The minimum absolute atomic E-state index is 0.215. The van der Waals surface area contributed by atoms with Crippen molar-refractivity contribution in [2.45, 2.75) is 15.2 Å². The van der Waals surface area contributed by atoms with Crippen LogP contribution in [0.5, 0.6) is 11.5 Å². The van der Waals surface area contributed by atoms with Crippen molar-refractivity contribution >= 4 is 143 Å². The van der Waals surface area contributed by atoms with Gasteiger partial charge in [0.1, 0.15) is 11.5 Å². The second kappa shape index (κ2) is 25.6. The monoisotopic (exact) mass is 1440 g/mol. The molecule has 0 N–H and O–H groups in total. The molecular formula is C103H67B2N5OS. The quantitative estimate of drug-likeness (QED) is 0.119. The standard InChI is InChI=1S/C103H67B2N5OS/c1-9-34-68(35-10-1)78-52-33-53-79(69-36-11-2-12-37-69)102(78)110-92-66-98-84(64-88(92)104-86-56-29-31-58-90(86)108(74-46-21-7-22-47-74)93-60-76(61-94(110)100(93)104)106(70-38-13-3-14-39-70)71-40-15-4-16-41-71)103(82-54-27-25-50-80(82)81-51-26-28-55-83(81)103)85-65-89-96(67-99(85)112-98)111-97-63-77(107(72-42-17-5-18-43-72)73-44-19-6-20-45-73)62-95-101(97)105(89)87-57-30-32-59-91(87)109(95)75-48-23-8-24-49-75/h1-67H. The van der Waals surface area contributed by atoms with Crippen LogP contribution in [-0.2, 0) is 5.41 Å². The highest BCUT2D eigenvalue weighted by Gasteiger charge is 2.55. The van der Waals surface area contributed by atoms with E-state index in [1.54, 1.807) is 0 Å². The van der Waals surface area contributed by atoms with E-state index in [4.69, 9.17) is 4.74 Å². The first-order valence-electron chi connectivity index (χ1n) is 38.6. The number of para-hydroxylation sites is 9. The van der Waals surface area contributed by atoms with Gasteiger partial charge in [0.15, 0.2) is 0 Å². The lowest BCUT2D eigenvalue weighted by Gasteiger charge is -2.47. The third kappa shape index (κ3) is 9.63. The molecule has 0 fully saturated rings. The molecule has 0 atom stereocenters. The fourth-order valence-corrected chi connectivity index (χ4v) is 20.6. The van der Waals surface area contributed by atoms with E-state index in [9.17, 15) is 0 Å². The van der Waals surface area contributed by atoms with Crippen LogP contribution in [0.25, 0.3) is 33.4 Å². The van der Waals surface area contributed by atoms with Crippen molar-refractivity contribution in [3.63, 3.8) is 0 Å². The predicted molar refractivity (Wildman–Crippen MR) is 468 cm³/mol. The fourth-order valence-electron chi connectivity index (χ4n) is 19.4. The number of fused-ring (bicyclic) bond motifs is 17. The van der Waals surface area contributed by atoms with E-state index in [0.717, 1.165) is 135 Å². The molecular weight excluding hydrogens is 1380 g/mol.